The number of esters is 1. The molecule has 2 fully saturated rings. The summed E-state index contributed by atoms with van der Waals surface area (Å²) in [6, 6.07) is 6.33. The highest BCUT2D eigenvalue weighted by Crippen LogP contribution is 2.69. The lowest BCUT2D eigenvalue weighted by Crippen LogP contribution is -2.46. The molecule has 0 radical (unpaired) electrons. The van der Waals surface area contributed by atoms with Gasteiger partial charge in [0, 0.05) is 6.92 Å². The Morgan fingerprint density at radius 3 is 2.62 bits per heavy atom. The topological polar surface area (TPSA) is 26.3 Å². The Morgan fingerprint density at radius 1 is 1.15 bits per heavy atom. The molecule has 0 aromatic heterocycles. The minimum absolute atomic E-state index is 0.239. The Kier molecular flexibility index (Phi) is 4.09. The fourth-order valence-corrected chi connectivity index (χ4v) is 6.76. The van der Waals surface area contributed by atoms with Gasteiger partial charge in [0.2, 0.25) is 0 Å². The third-order valence-electron chi connectivity index (χ3n) is 8.51. The Bertz CT molecular complexity index is 763. The van der Waals surface area contributed by atoms with E-state index in [9.17, 15) is 4.79 Å². The van der Waals surface area contributed by atoms with Crippen LogP contribution < -0.4 is 4.74 Å². The van der Waals surface area contributed by atoms with E-state index >= 15 is 0 Å². The third-order valence-corrected chi connectivity index (χ3v) is 8.51. The van der Waals surface area contributed by atoms with E-state index in [1.807, 2.05) is 6.07 Å². The molecule has 0 spiro atoms. The molecule has 26 heavy (non-hydrogen) atoms. The highest BCUT2D eigenvalue weighted by molar-refractivity contribution is 5.69. The molecule has 1 aromatic carbocycles. The maximum Gasteiger partial charge on any atom is 0.308 e. The lowest BCUT2D eigenvalue weighted by molar-refractivity contribution is -0.131. The van der Waals surface area contributed by atoms with Crippen molar-refractivity contribution >= 4 is 5.97 Å². The number of benzene rings is 1. The molecule has 0 heterocycles. The van der Waals surface area contributed by atoms with Crippen LogP contribution in [-0.4, -0.2) is 5.97 Å². The number of allylic oxidation sites excluding steroid dienone is 1. The van der Waals surface area contributed by atoms with Gasteiger partial charge in [-0.15, -0.1) is 0 Å². The monoisotopic (exact) mass is 352 g/mol. The van der Waals surface area contributed by atoms with Crippen LogP contribution in [0.15, 0.2) is 30.4 Å². The number of carbonyl (C=O) groups is 1. The molecule has 2 saturated carbocycles. The molecule has 1 aromatic rings. The molecule has 140 valence electrons. The van der Waals surface area contributed by atoms with Gasteiger partial charge >= 0.3 is 5.97 Å². The molecule has 0 aliphatic heterocycles. The Balaban J connectivity index is 1.65. The van der Waals surface area contributed by atoms with Crippen LogP contribution in [-0.2, 0) is 11.2 Å². The Morgan fingerprint density at radius 2 is 1.92 bits per heavy atom. The maximum atomic E-state index is 11.3. The van der Waals surface area contributed by atoms with Crippen molar-refractivity contribution in [2.24, 2.45) is 22.7 Å². The van der Waals surface area contributed by atoms with Crippen LogP contribution in [0.3, 0.4) is 0 Å². The smallest absolute Gasteiger partial charge is 0.308 e. The normalized spacial score (nSPS) is 38.1. The Hall–Kier alpha value is -1.57. The van der Waals surface area contributed by atoms with Gasteiger partial charge in [0.1, 0.15) is 5.75 Å². The summed E-state index contributed by atoms with van der Waals surface area (Å²) < 4.78 is 5.31. The van der Waals surface area contributed by atoms with Gasteiger partial charge in [-0.05, 0) is 97.3 Å². The zero-order chi connectivity index (χ0) is 18.7. The minimum Gasteiger partial charge on any atom is -0.427 e. The summed E-state index contributed by atoms with van der Waals surface area (Å²) in [5.74, 6) is 2.74. The van der Waals surface area contributed by atoms with E-state index in [2.05, 4.69) is 39.5 Å². The lowest BCUT2D eigenvalue weighted by Gasteiger charge is -2.54. The SMILES string of the molecule is C=C(C)[C@@]1(C)CC[C@H]2[C@@H]3CCc4cc(OC(C)=O)ccc4[C@H]3CC[C@@]21C. The van der Waals surface area contributed by atoms with Crippen molar-refractivity contribution in [3.8, 4) is 5.75 Å². The van der Waals surface area contributed by atoms with Gasteiger partial charge in [-0.2, -0.15) is 0 Å². The van der Waals surface area contributed by atoms with Crippen LogP contribution in [0.4, 0.5) is 0 Å². The first-order valence-electron chi connectivity index (χ1n) is 10.2. The first kappa shape index (κ1) is 17.8. The van der Waals surface area contributed by atoms with E-state index in [1.165, 1.54) is 55.7 Å². The van der Waals surface area contributed by atoms with Gasteiger partial charge < -0.3 is 4.74 Å². The van der Waals surface area contributed by atoms with Crippen molar-refractivity contribution < 1.29 is 9.53 Å². The van der Waals surface area contributed by atoms with Crippen LogP contribution in [0, 0.1) is 22.7 Å². The van der Waals surface area contributed by atoms with Crippen molar-refractivity contribution in [1.29, 1.82) is 0 Å². The number of carbonyl (C=O) groups excluding carboxylic acids is 1. The highest BCUT2D eigenvalue weighted by atomic mass is 16.5. The lowest BCUT2D eigenvalue weighted by atomic mass is 9.50. The van der Waals surface area contributed by atoms with Gasteiger partial charge in [0.25, 0.3) is 0 Å². The van der Waals surface area contributed by atoms with Crippen molar-refractivity contribution in [3.05, 3.63) is 41.5 Å². The van der Waals surface area contributed by atoms with E-state index in [0.717, 1.165) is 18.3 Å². The molecule has 0 N–H and O–H groups in total. The van der Waals surface area contributed by atoms with E-state index in [0.29, 0.717) is 22.5 Å². The molecule has 0 bridgehead atoms. The van der Waals surface area contributed by atoms with Crippen molar-refractivity contribution in [2.45, 2.75) is 72.1 Å². The summed E-state index contributed by atoms with van der Waals surface area (Å²) in [6.45, 7) is 13.1. The summed E-state index contributed by atoms with van der Waals surface area (Å²) in [4.78, 5) is 11.3. The minimum atomic E-state index is -0.239. The van der Waals surface area contributed by atoms with Gasteiger partial charge in [-0.25, -0.2) is 0 Å². The molecular weight excluding hydrogens is 320 g/mol. The van der Waals surface area contributed by atoms with Crippen molar-refractivity contribution in [3.63, 3.8) is 0 Å². The molecular formula is C24H32O2. The standard InChI is InChI=1S/C24H32O2/c1-15(2)23(4)13-11-22-21-8-6-17-14-18(26-16(3)25)7-9-19(17)20(21)10-12-24(22,23)5/h7,9,14,20-22H,1,6,8,10-13H2,2-5H3/t20-,21-,22+,23-,24+/m1/s1. The largest absolute Gasteiger partial charge is 0.427 e. The summed E-state index contributed by atoms with van der Waals surface area (Å²) in [5.41, 5.74) is 4.98. The predicted octanol–water partition coefficient (Wildman–Crippen LogP) is 6.05. The molecule has 2 nitrogen and oxygen atoms in total. The Labute approximate surface area is 158 Å². The van der Waals surface area contributed by atoms with E-state index in [-0.39, 0.29) is 5.97 Å². The highest BCUT2D eigenvalue weighted by Gasteiger charge is 2.59. The molecule has 2 heteroatoms. The number of hydrogen-bond donors (Lipinski definition) is 0. The second-order valence-electron chi connectivity index (χ2n) is 9.48. The van der Waals surface area contributed by atoms with Crippen LogP contribution in [0.1, 0.15) is 76.8 Å². The van der Waals surface area contributed by atoms with Crippen LogP contribution in [0.5, 0.6) is 5.75 Å². The number of fused-ring (bicyclic) bond motifs is 5. The number of hydrogen-bond acceptors (Lipinski definition) is 2. The number of aryl methyl sites for hydroxylation is 1. The van der Waals surface area contributed by atoms with Crippen molar-refractivity contribution in [2.75, 3.05) is 0 Å². The predicted molar refractivity (Wildman–Crippen MR) is 105 cm³/mol. The second-order valence-corrected chi connectivity index (χ2v) is 9.48. The van der Waals surface area contributed by atoms with E-state index in [4.69, 9.17) is 4.74 Å². The number of ether oxygens (including phenoxy) is 1. The van der Waals surface area contributed by atoms with Crippen molar-refractivity contribution in [1.82, 2.24) is 0 Å². The number of rotatable bonds is 2. The average Bonchev–Trinajstić information content (AvgIpc) is 2.87. The van der Waals surface area contributed by atoms with Gasteiger partial charge in [-0.1, -0.05) is 32.1 Å². The molecule has 0 unspecified atom stereocenters. The molecule has 3 aliphatic carbocycles. The molecule has 0 saturated heterocycles. The zero-order valence-electron chi connectivity index (χ0n) is 16.7. The van der Waals surface area contributed by atoms with Crippen LogP contribution in [0.2, 0.25) is 0 Å². The summed E-state index contributed by atoms with van der Waals surface area (Å²) in [6.07, 6.45) is 7.61. The van der Waals surface area contributed by atoms with Gasteiger partial charge in [0.15, 0.2) is 0 Å². The molecule has 5 atom stereocenters. The fraction of sp³-hybridized carbons (Fsp3) is 0.625. The van der Waals surface area contributed by atoms with E-state index < -0.39 is 0 Å². The molecule has 3 aliphatic rings. The van der Waals surface area contributed by atoms with Crippen LogP contribution in [0.25, 0.3) is 0 Å². The summed E-state index contributed by atoms with van der Waals surface area (Å²) >= 11 is 0. The van der Waals surface area contributed by atoms with Gasteiger partial charge in [-0.3, -0.25) is 4.79 Å². The third kappa shape index (κ3) is 2.41. The molecule has 4 rings (SSSR count). The fourth-order valence-electron chi connectivity index (χ4n) is 6.76. The van der Waals surface area contributed by atoms with Crippen LogP contribution >= 0.6 is 0 Å². The van der Waals surface area contributed by atoms with Gasteiger partial charge in [0.05, 0.1) is 0 Å². The maximum absolute atomic E-state index is 11.3. The molecule has 0 amide bonds. The second kappa shape index (κ2) is 5.97. The van der Waals surface area contributed by atoms with E-state index in [1.54, 1.807) is 0 Å². The average molecular weight is 353 g/mol. The summed E-state index contributed by atoms with van der Waals surface area (Å²) in [7, 11) is 0. The first-order valence-corrected chi connectivity index (χ1v) is 10.2. The zero-order valence-corrected chi connectivity index (χ0v) is 16.7. The quantitative estimate of drug-likeness (QED) is 0.368. The summed E-state index contributed by atoms with van der Waals surface area (Å²) in [5, 5.41) is 0. The first-order chi connectivity index (χ1) is 12.3.